The molecule has 0 aliphatic rings. The van der Waals surface area contributed by atoms with Crippen molar-refractivity contribution in [3.63, 3.8) is 0 Å². The zero-order valence-corrected chi connectivity index (χ0v) is 20.3. The van der Waals surface area contributed by atoms with Gasteiger partial charge in [-0.25, -0.2) is 9.50 Å². The molecule has 3 heterocycles. The molecule has 1 N–H and O–H groups in total. The fourth-order valence-electron chi connectivity index (χ4n) is 3.95. The molecule has 0 saturated heterocycles. The van der Waals surface area contributed by atoms with Crippen LogP contribution in [-0.4, -0.2) is 34.7 Å². The van der Waals surface area contributed by atoms with Crippen molar-refractivity contribution in [2.75, 3.05) is 14.2 Å². The molecule has 0 saturated carbocycles. The first-order chi connectivity index (χ1) is 15.9. The second kappa shape index (κ2) is 9.62. The molecule has 0 aliphatic carbocycles. The Kier molecular flexibility index (Phi) is 6.65. The summed E-state index contributed by atoms with van der Waals surface area (Å²) in [5.41, 5.74) is 5.37. The van der Waals surface area contributed by atoms with Crippen molar-refractivity contribution in [1.82, 2.24) is 19.9 Å². The number of carbonyl (C=O) groups is 1. The second-order valence-corrected chi connectivity index (χ2v) is 8.95. The monoisotopic (exact) mass is 464 g/mol. The van der Waals surface area contributed by atoms with Gasteiger partial charge < -0.3 is 14.8 Å². The molecule has 0 aliphatic heterocycles. The van der Waals surface area contributed by atoms with Gasteiger partial charge in [0.1, 0.15) is 11.5 Å². The van der Waals surface area contributed by atoms with Gasteiger partial charge >= 0.3 is 0 Å². The molecule has 3 aromatic heterocycles. The predicted octanol–water partition coefficient (Wildman–Crippen LogP) is 4.90. The van der Waals surface area contributed by atoms with Gasteiger partial charge in [-0.1, -0.05) is 6.07 Å². The topological polar surface area (TPSA) is 77.8 Å². The molecular formula is C25H28N4O3S. The van der Waals surface area contributed by atoms with Gasteiger partial charge in [-0.05, 0) is 56.3 Å². The number of thiophene rings is 1. The number of hydrogen-bond acceptors (Lipinski definition) is 6. The van der Waals surface area contributed by atoms with Crippen LogP contribution >= 0.6 is 11.3 Å². The normalized spacial score (nSPS) is 12.0. The highest BCUT2D eigenvalue weighted by atomic mass is 32.1. The number of fused-ring (bicyclic) bond motifs is 1. The average Bonchev–Trinajstić information content (AvgIpc) is 3.49. The highest BCUT2D eigenvalue weighted by Gasteiger charge is 2.16. The molecule has 7 nitrogen and oxygen atoms in total. The lowest BCUT2D eigenvalue weighted by molar-refractivity contribution is -0.121. The summed E-state index contributed by atoms with van der Waals surface area (Å²) in [7, 11) is 3.25. The summed E-state index contributed by atoms with van der Waals surface area (Å²) in [6.45, 7) is 6.01. The van der Waals surface area contributed by atoms with Gasteiger partial charge in [0.25, 0.3) is 0 Å². The molecule has 4 rings (SSSR count). The molecule has 1 amide bonds. The van der Waals surface area contributed by atoms with E-state index in [-0.39, 0.29) is 11.9 Å². The second-order valence-electron chi connectivity index (χ2n) is 7.97. The first-order valence-corrected chi connectivity index (χ1v) is 11.7. The number of ether oxygens (including phenoxy) is 2. The first kappa shape index (κ1) is 22.8. The van der Waals surface area contributed by atoms with E-state index in [9.17, 15) is 4.79 Å². The van der Waals surface area contributed by atoms with Crippen LogP contribution in [0.5, 0.6) is 11.5 Å². The Bertz CT molecular complexity index is 1260. The highest BCUT2D eigenvalue weighted by Crippen LogP contribution is 2.30. The lowest BCUT2D eigenvalue weighted by Gasteiger charge is -2.14. The van der Waals surface area contributed by atoms with Gasteiger partial charge in [-0.3, -0.25) is 4.79 Å². The lowest BCUT2D eigenvalue weighted by Crippen LogP contribution is -2.26. The summed E-state index contributed by atoms with van der Waals surface area (Å²) >= 11 is 1.65. The van der Waals surface area contributed by atoms with Crippen LogP contribution in [0.1, 0.15) is 41.2 Å². The Morgan fingerprint density at radius 3 is 2.52 bits per heavy atom. The van der Waals surface area contributed by atoms with Crippen LogP contribution < -0.4 is 14.8 Å². The largest absolute Gasteiger partial charge is 0.497 e. The minimum absolute atomic E-state index is 0.00817. The maximum Gasteiger partial charge on any atom is 0.220 e. The maximum atomic E-state index is 12.5. The van der Waals surface area contributed by atoms with Crippen LogP contribution in [-0.2, 0) is 11.2 Å². The molecule has 172 valence electrons. The molecule has 1 unspecified atom stereocenters. The van der Waals surface area contributed by atoms with Crippen molar-refractivity contribution >= 4 is 22.9 Å². The van der Waals surface area contributed by atoms with E-state index in [1.165, 1.54) is 0 Å². The van der Waals surface area contributed by atoms with Gasteiger partial charge in [0.2, 0.25) is 5.91 Å². The van der Waals surface area contributed by atoms with Crippen LogP contribution in [0.3, 0.4) is 0 Å². The van der Waals surface area contributed by atoms with E-state index in [1.807, 2.05) is 67.1 Å². The van der Waals surface area contributed by atoms with Crippen molar-refractivity contribution in [3.05, 3.63) is 63.6 Å². The molecule has 0 fully saturated rings. The van der Waals surface area contributed by atoms with Crippen LogP contribution in [0, 0.1) is 13.8 Å². The Hall–Kier alpha value is -3.39. The standard InChI is InChI=1S/C25H28N4O3S/c1-15-21(8-9-25(30)27-16(2)23-7-6-10-33-23)17(3)29-24(26-15)14-22(28-29)18-11-19(31-4)13-20(12-18)32-5/h6-7,10-14,16H,8-9H2,1-5H3,(H,27,30). The number of rotatable bonds is 8. The van der Waals surface area contributed by atoms with E-state index in [0.717, 1.165) is 38.7 Å². The Balaban J connectivity index is 1.56. The van der Waals surface area contributed by atoms with Crippen molar-refractivity contribution in [1.29, 1.82) is 0 Å². The van der Waals surface area contributed by atoms with Crippen molar-refractivity contribution in [2.45, 2.75) is 39.7 Å². The highest BCUT2D eigenvalue weighted by molar-refractivity contribution is 7.10. The predicted molar refractivity (Wildman–Crippen MR) is 130 cm³/mol. The number of nitrogens with zero attached hydrogens (tertiary/aromatic N) is 3. The van der Waals surface area contributed by atoms with E-state index in [2.05, 4.69) is 5.32 Å². The summed E-state index contributed by atoms with van der Waals surface area (Å²) in [4.78, 5) is 18.5. The Morgan fingerprint density at radius 1 is 1.15 bits per heavy atom. The summed E-state index contributed by atoms with van der Waals surface area (Å²) in [6.07, 6.45) is 0.998. The molecule has 0 bridgehead atoms. The van der Waals surface area contributed by atoms with Crippen molar-refractivity contribution < 1.29 is 14.3 Å². The minimum Gasteiger partial charge on any atom is -0.497 e. The number of hydrogen-bond donors (Lipinski definition) is 1. The molecule has 33 heavy (non-hydrogen) atoms. The third kappa shape index (κ3) is 4.85. The quantitative estimate of drug-likeness (QED) is 0.401. The summed E-state index contributed by atoms with van der Waals surface area (Å²) in [6, 6.07) is 11.7. The van der Waals surface area contributed by atoms with Gasteiger partial charge in [-0.2, -0.15) is 5.10 Å². The molecule has 0 radical (unpaired) electrons. The van der Waals surface area contributed by atoms with Crippen LogP contribution in [0.15, 0.2) is 41.8 Å². The number of amides is 1. The summed E-state index contributed by atoms with van der Waals surface area (Å²) < 4.78 is 12.6. The minimum atomic E-state index is 0.00817. The van der Waals surface area contributed by atoms with E-state index >= 15 is 0 Å². The maximum absolute atomic E-state index is 12.5. The van der Waals surface area contributed by atoms with E-state index in [1.54, 1.807) is 25.6 Å². The zero-order chi connectivity index (χ0) is 23.5. The SMILES string of the molecule is COc1cc(OC)cc(-c2cc3nc(C)c(CCC(=O)NC(C)c4cccs4)c(C)n3n2)c1. The van der Waals surface area contributed by atoms with Crippen LogP contribution in [0.2, 0.25) is 0 Å². The molecule has 4 aromatic rings. The van der Waals surface area contributed by atoms with Crippen molar-refractivity contribution in [3.8, 4) is 22.8 Å². The van der Waals surface area contributed by atoms with Crippen molar-refractivity contribution in [2.24, 2.45) is 0 Å². The molecule has 1 aromatic carbocycles. The first-order valence-electron chi connectivity index (χ1n) is 10.8. The van der Waals surface area contributed by atoms with E-state index in [4.69, 9.17) is 19.6 Å². The van der Waals surface area contributed by atoms with Gasteiger partial charge in [-0.15, -0.1) is 11.3 Å². The Morgan fingerprint density at radius 2 is 1.88 bits per heavy atom. The lowest BCUT2D eigenvalue weighted by atomic mass is 10.1. The Labute approximate surface area is 197 Å². The number of aromatic nitrogens is 3. The molecule has 8 heteroatoms. The number of methoxy groups -OCH3 is 2. The van der Waals surface area contributed by atoms with E-state index < -0.39 is 0 Å². The number of carbonyl (C=O) groups excluding carboxylic acids is 1. The third-order valence-electron chi connectivity index (χ3n) is 5.76. The number of aryl methyl sites for hydroxylation is 2. The zero-order valence-electron chi connectivity index (χ0n) is 19.5. The molecule has 0 spiro atoms. The van der Waals surface area contributed by atoms with Crippen LogP contribution in [0.25, 0.3) is 16.9 Å². The molecule has 1 atom stereocenters. The number of benzene rings is 1. The van der Waals surface area contributed by atoms with Gasteiger partial charge in [0, 0.05) is 40.4 Å². The fraction of sp³-hybridized carbons (Fsp3) is 0.320. The van der Waals surface area contributed by atoms with Gasteiger partial charge in [0.05, 0.1) is 26.0 Å². The van der Waals surface area contributed by atoms with Gasteiger partial charge in [0.15, 0.2) is 5.65 Å². The molecular weight excluding hydrogens is 436 g/mol. The fourth-order valence-corrected chi connectivity index (χ4v) is 4.68. The number of nitrogens with one attached hydrogen (secondary N) is 1. The average molecular weight is 465 g/mol. The smallest absolute Gasteiger partial charge is 0.220 e. The third-order valence-corrected chi connectivity index (χ3v) is 6.82. The van der Waals surface area contributed by atoms with E-state index in [0.29, 0.717) is 24.3 Å². The van der Waals surface area contributed by atoms with Crippen LogP contribution in [0.4, 0.5) is 0 Å². The summed E-state index contributed by atoms with van der Waals surface area (Å²) in [5.74, 6) is 1.43. The summed E-state index contributed by atoms with van der Waals surface area (Å²) in [5, 5.41) is 9.89.